The van der Waals surface area contributed by atoms with Gasteiger partial charge in [-0.3, -0.25) is 4.79 Å². The average molecular weight is 243 g/mol. The molecule has 0 aliphatic rings. The zero-order valence-corrected chi connectivity index (χ0v) is 11.0. The second-order valence-corrected chi connectivity index (χ2v) is 5.30. The van der Waals surface area contributed by atoms with Crippen LogP contribution in [0.5, 0.6) is 0 Å². The van der Waals surface area contributed by atoms with E-state index in [9.17, 15) is 4.79 Å². The number of nitrogens with zero attached hydrogens (tertiary/aromatic N) is 5. The van der Waals surface area contributed by atoms with Crippen LogP contribution in [0.1, 0.15) is 26.8 Å². The van der Waals surface area contributed by atoms with E-state index in [-0.39, 0.29) is 17.2 Å². The summed E-state index contributed by atoms with van der Waals surface area (Å²) in [6, 6.07) is 0.194. The van der Waals surface area contributed by atoms with Crippen LogP contribution in [0.25, 0.3) is 0 Å². The molecular weight excluding hydrogens is 226 g/mol. The molecule has 0 saturated carbocycles. The maximum Gasteiger partial charge on any atom is 0.235 e. The number of rotatable bonds is 4. The van der Waals surface area contributed by atoms with E-state index in [4.69, 9.17) is 0 Å². The van der Waals surface area contributed by atoms with Gasteiger partial charge in [0.25, 0.3) is 0 Å². The maximum atomic E-state index is 11.7. The highest BCUT2D eigenvalue weighted by molar-refractivity contribution is 8.00. The summed E-state index contributed by atoms with van der Waals surface area (Å²) in [6.45, 7) is 5.85. The minimum Gasteiger partial charge on any atom is -0.348 e. The molecule has 1 heterocycles. The Hall–Kier alpha value is -1.11. The predicted molar refractivity (Wildman–Crippen MR) is 62.2 cm³/mol. The van der Waals surface area contributed by atoms with Gasteiger partial charge < -0.3 is 4.90 Å². The Morgan fingerprint density at radius 1 is 1.38 bits per heavy atom. The molecule has 0 spiro atoms. The van der Waals surface area contributed by atoms with Gasteiger partial charge in [0, 0.05) is 14.1 Å². The van der Waals surface area contributed by atoms with Crippen LogP contribution in [0.4, 0.5) is 0 Å². The topological polar surface area (TPSA) is 63.9 Å². The van der Waals surface area contributed by atoms with E-state index < -0.39 is 0 Å². The Kier molecular flexibility index (Phi) is 4.28. The fourth-order valence-electron chi connectivity index (χ4n) is 1.16. The SMILES string of the molecule is CC(Sc1nnnn1C(C)C)C(=O)N(C)C. The summed E-state index contributed by atoms with van der Waals surface area (Å²) in [4.78, 5) is 13.2. The molecule has 0 aliphatic carbocycles. The summed E-state index contributed by atoms with van der Waals surface area (Å²) in [5, 5.41) is 11.9. The number of tetrazole rings is 1. The van der Waals surface area contributed by atoms with Crippen LogP contribution >= 0.6 is 11.8 Å². The number of amides is 1. The zero-order valence-electron chi connectivity index (χ0n) is 10.2. The van der Waals surface area contributed by atoms with Crippen LogP contribution < -0.4 is 0 Å². The van der Waals surface area contributed by atoms with Gasteiger partial charge >= 0.3 is 0 Å². The summed E-state index contributed by atoms with van der Waals surface area (Å²) in [6.07, 6.45) is 0. The van der Waals surface area contributed by atoms with Crippen LogP contribution in [-0.4, -0.2) is 50.4 Å². The van der Waals surface area contributed by atoms with Gasteiger partial charge in [-0.1, -0.05) is 11.8 Å². The second kappa shape index (κ2) is 5.29. The Bertz CT molecular complexity index is 363. The molecule has 1 amide bonds. The molecule has 1 atom stereocenters. The number of thioether (sulfide) groups is 1. The largest absolute Gasteiger partial charge is 0.348 e. The van der Waals surface area contributed by atoms with E-state index in [0.717, 1.165) is 0 Å². The summed E-state index contributed by atoms with van der Waals surface area (Å²) in [5.41, 5.74) is 0. The Morgan fingerprint density at radius 3 is 2.50 bits per heavy atom. The first kappa shape index (κ1) is 13.0. The Labute approximate surface area is 99.4 Å². The summed E-state index contributed by atoms with van der Waals surface area (Å²) < 4.78 is 1.71. The van der Waals surface area contributed by atoms with Crippen LogP contribution in [-0.2, 0) is 4.79 Å². The molecule has 0 bridgehead atoms. The highest BCUT2D eigenvalue weighted by atomic mass is 32.2. The first-order chi connectivity index (χ1) is 7.43. The van der Waals surface area contributed by atoms with Crippen molar-refractivity contribution in [2.45, 2.75) is 37.2 Å². The van der Waals surface area contributed by atoms with Crippen molar-refractivity contribution in [3.8, 4) is 0 Å². The van der Waals surface area contributed by atoms with Crippen LogP contribution in [0, 0.1) is 0 Å². The maximum absolute atomic E-state index is 11.7. The number of hydrogen-bond donors (Lipinski definition) is 0. The monoisotopic (exact) mass is 243 g/mol. The molecule has 7 heteroatoms. The normalized spacial score (nSPS) is 12.9. The predicted octanol–water partition coefficient (Wildman–Crippen LogP) is 0.823. The molecule has 0 saturated heterocycles. The molecule has 1 aromatic rings. The fraction of sp³-hybridized carbons (Fsp3) is 0.778. The minimum atomic E-state index is -0.182. The minimum absolute atomic E-state index is 0.0586. The van der Waals surface area contributed by atoms with E-state index >= 15 is 0 Å². The number of carbonyl (C=O) groups excluding carboxylic acids is 1. The van der Waals surface area contributed by atoms with E-state index in [1.807, 2.05) is 20.8 Å². The molecule has 1 unspecified atom stereocenters. The van der Waals surface area contributed by atoms with E-state index in [0.29, 0.717) is 5.16 Å². The molecular formula is C9H17N5OS. The lowest BCUT2D eigenvalue weighted by molar-refractivity contribution is -0.127. The van der Waals surface area contributed by atoms with Crippen molar-refractivity contribution in [3.63, 3.8) is 0 Å². The van der Waals surface area contributed by atoms with Crippen LogP contribution in [0.3, 0.4) is 0 Å². The molecule has 0 N–H and O–H groups in total. The van der Waals surface area contributed by atoms with Crippen molar-refractivity contribution in [2.24, 2.45) is 0 Å². The third-order valence-electron chi connectivity index (χ3n) is 2.02. The lowest BCUT2D eigenvalue weighted by Gasteiger charge is -2.16. The van der Waals surface area contributed by atoms with Gasteiger partial charge in [-0.05, 0) is 31.2 Å². The van der Waals surface area contributed by atoms with Crippen molar-refractivity contribution in [1.82, 2.24) is 25.1 Å². The van der Waals surface area contributed by atoms with Gasteiger partial charge in [-0.15, -0.1) is 5.10 Å². The van der Waals surface area contributed by atoms with Crippen molar-refractivity contribution in [1.29, 1.82) is 0 Å². The first-order valence-corrected chi connectivity index (χ1v) is 5.97. The smallest absolute Gasteiger partial charge is 0.235 e. The zero-order chi connectivity index (χ0) is 12.3. The molecule has 0 aromatic carbocycles. The fourth-order valence-corrected chi connectivity index (χ4v) is 2.23. The lowest BCUT2D eigenvalue weighted by atomic mass is 10.4. The summed E-state index contributed by atoms with van der Waals surface area (Å²) in [5.74, 6) is 0.0586. The van der Waals surface area contributed by atoms with Crippen molar-refractivity contribution < 1.29 is 4.79 Å². The summed E-state index contributed by atoms with van der Waals surface area (Å²) >= 11 is 1.38. The van der Waals surface area contributed by atoms with Gasteiger partial charge in [0.15, 0.2) is 0 Å². The van der Waals surface area contributed by atoms with E-state index in [1.54, 1.807) is 23.7 Å². The second-order valence-electron chi connectivity index (χ2n) is 3.99. The van der Waals surface area contributed by atoms with E-state index in [1.165, 1.54) is 11.8 Å². The van der Waals surface area contributed by atoms with E-state index in [2.05, 4.69) is 15.5 Å². The molecule has 1 rings (SSSR count). The summed E-state index contributed by atoms with van der Waals surface area (Å²) in [7, 11) is 3.48. The van der Waals surface area contributed by atoms with Crippen LogP contribution in [0.15, 0.2) is 5.16 Å². The molecule has 0 radical (unpaired) electrons. The third-order valence-corrected chi connectivity index (χ3v) is 3.06. The van der Waals surface area contributed by atoms with Gasteiger partial charge in [0.1, 0.15) is 0 Å². The van der Waals surface area contributed by atoms with Gasteiger partial charge in [0.2, 0.25) is 11.1 Å². The number of carbonyl (C=O) groups is 1. The van der Waals surface area contributed by atoms with Crippen molar-refractivity contribution in [2.75, 3.05) is 14.1 Å². The molecule has 90 valence electrons. The van der Waals surface area contributed by atoms with Gasteiger partial charge in [-0.25, -0.2) is 4.68 Å². The van der Waals surface area contributed by atoms with Crippen molar-refractivity contribution >= 4 is 17.7 Å². The third kappa shape index (κ3) is 2.94. The first-order valence-electron chi connectivity index (χ1n) is 5.09. The standard InChI is InChI=1S/C9H17N5OS/c1-6(2)14-9(10-11-12-14)16-7(3)8(15)13(4)5/h6-7H,1-5H3. The molecule has 16 heavy (non-hydrogen) atoms. The number of aromatic nitrogens is 4. The molecule has 0 aliphatic heterocycles. The van der Waals surface area contributed by atoms with Crippen LogP contribution in [0.2, 0.25) is 0 Å². The molecule has 1 aromatic heterocycles. The highest BCUT2D eigenvalue weighted by Gasteiger charge is 2.20. The Balaban J connectivity index is 2.73. The Morgan fingerprint density at radius 2 is 2.00 bits per heavy atom. The highest BCUT2D eigenvalue weighted by Crippen LogP contribution is 2.23. The average Bonchev–Trinajstić information content (AvgIpc) is 2.64. The number of hydrogen-bond acceptors (Lipinski definition) is 5. The molecule has 0 fully saturated rings. The lowest BCUT2D eigenvalue weighted by Crippen LogP contribution is -2.29. The van der Waals surface area contributed by atoms with Gasteiger partial charge in [0.05, 0.1) is 11.3 Å². The van der Waals surface area contributed by atoms with Crippen molar-refractivity contribution in [3.05, 3.63) is 0 Å². The van der Waals surface area contributed by atoms with Gasteiger partial charge in [-0.2, -0.15) is 0 Å². The molecule has 6 nitrogen and oxygen atoms in total. The quantitative estimate of drug-likeness (QED) is 0.733.